The van der Waals surface area contributed by atoms with Crippen LogP contribution in [0.4, 0.5) is 4.39 Å². The molecular weight excluding hydrogens is 287 g/mol. The molecule has 86 valence electrons. The first-order chi connectivity index (χ1) is 8.18. The van der Waals surface area contributed by atoms with E-state index in [4.69, 9.17) is 0 Å². The van der Waals surface area contributed by atoms with Crippen molar-refractivity contribution < 1.29 is 9.18 Å². The van der Waals surface area contributed by atoms with E-state index < -0.39 is 0 Å². The second-order valence-corrected chi connectivity index (χ2v) is 4.20. The normalized spacial score (nSPS) is 10.2. The smallest absolute Gasteiger partial charge is 0.187 e. The minimum Gasteiger partial charge on any atom is -0.292 e. The van der Waals surface area contributed by atoms with Gasteiger partial charge in [-0.2, -0.15) is 0 Å². The number of carbonyl (C=O) groups is 1. The summed E-state index contributed by atoms with van der Waals surface area (Å²) < 4.78 is 13.6. The maximum absolute atomic E-state index is 13.2. The van der Waals surface area contributed by atoms with Crippen molar-refractivity contribution >= 4 is 21.7 Å². The molecule has 0 spiro atoms. The lowest BCUT2D eigenvalue weighted by molar-refractivity contribution is 0.0987. The van der Waals surface area contributed by atoms with E-state index in [1.807, 2.05) is 0 Å². The summed E-state index contributed by atoms with van der Waals surface area (Å²) in [4.78, 5) is 19.6. The van der Waals surface area contributed by atoms with Crippen LogP contribution in [0.1, 0.15) is 16.1 Å². The van der Waals surface area contributed by atoms with Crippen LogP contribution in [-0.4, -0.2) is 15.8 Å². The molecule has 1 aromatic carbocycles. The van der Waals surface area contributed by atoms with Crippen LogP contribution in [0.3, 0.4) is 0 Å². The van der Waals surface area contributed by atoms with Gasteiger partial charge in [0.25, 0.3) is 0 Å². The summed E-state index contributed by atoms with van der Waals surface area (Å²) in [6.07, 6.45) is 4.44. The molecule has 0 N–H and O–H groups in total. The van der Waals surface area contributed by atoms with Crippen LogP contribution in [0.5, 0.6) is 0 Å². The van der Waals surface area contributed by atoms with Gasteiger partial charge in [-0.3, -0.25) is 9.78 Å². The number of nitrogens with zero attached hydrogens (tertiary/aromatic N) is 2. The van der Waals surface area contributed by atoms with Crippen LogP contribution in [-0.2, 0) is 6.42 Å². The molecule has 0 unspecified atom stereocenters. The Hall–Kier alpha value is -1.62. The SMILES string of the molecule is O=C(Cc1cccc(F)c1Br)c1cnccn1. The average Bonchev–Trinajstić information content (AvgIpc) is 2.36. The first kappa shape index (κ1) is 11.9. The Bertz CT molecular complexity index is 545. The fourth-order valence-electron chi connectivity index (χ4n) is 1.39. The molecule has 0 bridgehead atoms. The summed E-state index contributed by atoms with van der Waals surface area (Å²) in [6.45, 7) is 0. The third-order valence-electron chi connectivity index (χ3n) is 2.23. The lowest BCUT2D eigenvalue weighted by Crippen LogP contribution is -2.07. The van der Waals surface area contributed by atoms with E-state index in [9.17, 15) is 9.18 Å². The number of aromatic nitrogens is 2. The van der Waals surface area contributed by atoms with Gasteiger partial charge in [0.2, 0.25) is 0 Å². The molecule has 0 amide bonds. The second kappa shape index (κ2) is 5.14. The molecule has 1 aromatic heterocycles. The number of Topliss-reactive ketones (excluding diaryl/α,β-unsaturated/α-hetero) is 1. The summed E-state index contributed by atoms with van der Waals surface area (Å²) in [5.41, 5.74) is 0.879. The number of benzene rings is 1. The maximum atomic E-state index is 13.2. The Kier molecular flexibility index (Phi) is 3.58. The largest absolute Gasteiger partial charge is 0.292 e. The standard InChI is InChI=1S/C12H8BrFN2O/c13-12-8(2-1-3-9(12)14)6-11(17)10-7-15-4-5-16-10/h1-5,7H,6H2. The molecular formula is C12H8BrFN2O. The lowest BCUT2D eigenvalue weighted by atomic mass is 10.1. The van der Waals surface area contributed by atoms with Crippen molar-refractivity contribution in [2.45, 2.75) is 6.42 Å². The van der Waals surface area contributed by atoms with Gasteiger partial charge >= 0.3 is 0 Å². The topological polar surface area (TPSA) is 42.9 Å². The van der Waals surface area contributed by atoms with Crippen LogP contribution in [0, 0.1) is 5.82 Å². The van der Waals surface area contributed by atoms with E-state index in [2.05, 4.69) is 25.9 Å². The summed E-state index contributed by atoms with van der Waals surface area (Å²) in [5, 5.41) is 0. The molecule has 2 aromatic rings. The first-order valence-corrected chi connectivity index (χ1v) is 5.70. The summed E-state index contributed by atoms with van der Waals surface area (Å²) >= 11 is 3.12. The molecule has 0 saturated heterocycles. The second-order valence-electron chi connectivity index (χ2n) is 3.40. The number of rotatable bonds is 3. The Balaban J connectivity index is 2.22. The minimum absolute atomic E-state index is 0.0943. The molecule has 17 heavy (non-hydrogen) atoms. The van der Waals surface area contributed by atoms with Gasteiger partial charge in [-0.15, -0.1) is 0 Å². The average molecular weight is 295 g/mol. The van der Waals surface area contributed by atoms with Crippen molar-refractivity contribution in [1.82, 2.24) is 9.97 Å². The highest BCUT2D eigenvalue weighted by Gasteiger charge is 2.12. The van der Waals surface area contributed by atoms with E-state index in [1.54, 1.807) is 12.1 Å². The van der Waals surface area contributed by atoms with Crippen molar-refractivity contribution in [3.63, 3.8) is 0 Å². The minimum atomic E-state index is -0.380. The fraction of sp³-hybridized carbons (Fsp3) is 0.0833. The predicted octanol–water partition coefficient (Wildman–Crippen LogP) is 2.80. The molecule has 0 aliphatic carbocycles. The Morgan fingerprint density at radius 2 is 2.18 bits per heavy atom. The molecule has 1 heterocycles. The zero-order valence-corrected chi connectivity index (χ0v) is 10.3. The van der Waals surface area contributed by atoms with E-state index in [1.165, 1.54) is 24.7 Å². The quantitative estimate of drug-likeness (QED) is 0.818. The summed E-state index contributed by atoms with van der Waals surface area (Å²) in [6, 6.07) is 4.60. The molecule has 0 fully saturated rings. The fourth-order valence-corrected chi connectivity index (χ4v) is 1.80. The van der Waals surface area contributed by atoms with Gasteiger partial charge < -0.3 is 0 Å². The van der Waals surface area contributed by atoms with Crippen LogP contribution >= 0.6 is 15.9 Å². The van der Waals surface area contributed by atoms with Gasteiger partial charge in [0.1, 0.15) is 11.5 Å². The Labute approximate surface area is 106 Å². The summed E-state index contributed by atoms with van der Waals surface area (Å²) in [7, 11) is 0. The van der Waals surface area contributed by atoms with Crippen molar-refractivity contribution in [2.75, 3.05) is 0 Å². The molecule has 3 nitrogen and oxygen atoms in total. The van der Waals surface area contributed by atoms with Crippen LogP contribution in [0.25, 0.3) is 0 Å². The van der Waals surface area contributed by atoms with Crippen LogP contribution in [0.2, 0.25) is 0 Å². The van der Waals surface area contributed by atoms with E-state index >= 15 is 0 Å². The Morgan fingerprint density at radius 1 is 1.35 bits per heavy atom. The molecule has 0 atom stereocenters. The molecule has 0 aliphatic rings. The van der Waals surface area contributed by atoms with Gasteiger partial charge in [0.05, 0.1) is 10.7 Å². The third-order valence-corrected chi connectivity index (χ3v) is 3.12. The summed E-state index contributed by atoms with van der Waals surface area (Å²) in [5.74, 6) is -0.571. The molecule has 5 heteroatoms. The van der Waals surface area contributed by atoms with E-state index in [0.717, 1.165) is 0 Å². The Morgan fingerprint density at radius 3 is 2.88 bits per heavy atom. The molecule has 0 aliphatic heterocycles. The van der Waals surface area contributed by atoms with Crippen LogP contribution < -0.4 is 0 Å². The highest BCUT2D eigenvalue weighted by molar-refractivity contribution is 9.10. The van der Waals surface area contributed by atoms with Crippen molar-refractivity contribution in [3.05, 3.63) is 58.3 Å². The lowest BCUT2D eigenvalue weighted by Gasteiger charge is -2.04. The zero-order valence-electron chi connectivity index (χ0n) is 8.73. The number of hydrogen-bond donors (Lipinski definition) is 0. The van der Waals surface area contributed by atoms with E-state index in [-0.39, 0.29) is 23.7 Å². The maximum Gasteiger partial charge on any atom is 0.187 e. The van der Waals surface area contributed by atoms with Gasteiger partial charge in [-0.1, -0.05) is 12.1 Å². The number of hydrogen-bond acceptors (Lipinski definition) is 3. The highest BCUT2D eigenvalue weighted by atomic mass is 79.9. The molecule has 2 rings (SSSR count). The van der Waals surface area contributed by atoms with Gasteiger partial charge in [0.15, 0.2) is 5.78 Å². The van der Waals surface area contributed by atoms with Gasteiger partial charge in [-0.25, -0.2) is 9.37 Å². The van der Waals surface area contributed by atoms with Gasteiger partial charge in [-0.05, 0) is 27.6 Å². The third kappa shape index (κ3) is 2.74. The first-order valence-electron chi connectivity index (χ1n) is 4.90. The van der Waals surface area contributed by atoms with Crippen molar-refractivity contribution in [1.29, 1.82) is 0 Å². The number of carbonyl (C=O) groups excluding carboxylic acids is 1. The van der Waals surface area contributed by atoms with Crippen molar-refractivity contribution in [2.24, 2.45) is 0 Å². The molecule has 0 saturated carbocycles. The van der Waals surface area contributed by atoms with Gasteiger partial charge in [0, 0.05) is 18.8 Å². The van der Waals surface area contributed by atoms with Crippen LogP contribution in [0.15, 0.2) is 41.3 Å². The zero-order chi connectivity index (χ0) is 12.3. The molecule has 0 radical (unpaired) electrons. The predicted molar refractivity (Wildman–Crippen MR) is 64.2 cm³/mol. The monoisotopic (exact) mass is 294 g/mol. The van der Waals surface area contributed by atoms with E-state index in [0.29, 0.717) is 10.0 Å². The highest BCUT2D eigenvalue weighted by Crippen LogP contribution is 2.21. The van der Waals surface area contributed by atoms with Crippen molar-refractivity contribution in [3.8, 4) is 0 Å². The number of ketones is 1. The number of halogens is 2.